The summed E-state index contributed by atoms with van der Waals surface area (Å²) in [5, 5.41) is 12.7. The van der Waals surface area contributed by atoms with Gasteiger partial charge in [-0.1, -0.05) is 71.8 Å². The van der Waals surface area contributed by atoms with Crippen molar-refractivity contribution < 1.29 is 24.3 Å². The molecular weight excluding hydrogens is 558 g/mol. The molecule has 1 aromatic heterocycles. The number of aryl methyl sites for hydroxylation is 1. The van der Waals surface area contributed by atoms with Crippen molar-refractivity contribution in [2.24, 2.45) is 0 Å². The Balaban J connectivity index is 1.44. The average molecular weight is 586 g/mol. The highest BCUT2D eigenvalue weighted by molar-refractivity contribution is 7.20. The Morgan fingerprint density at radius 2 is 1.63 bits per heavy atom. The van der Waals surface area contributed by atoms with Crippen LogP contribution in [0, 0.1) is 6.92 Å². The zero-order valence-electron chi connectivity index (χ0n) is 22.5. The third-order valence-corrected chi connectivity index (χ3v) is 8.05. The molecule has 4 aromatic carbocycles. The second-order valence-corrected chi connectivity index (χ2v) is 11.2. The number of carbonyl (C=O) groups is 2. The number of phenolic OH excluding ortho intramolecular Hbond substituents is 1. The van der Waals surface area contributed by atoms with Crippen LogP contribution in [0.1, 0.15) is 26.4 Å². The number of esters is 1. The van der Waals surface area contributed by atoms with Crippen LogP contribution in [0.2, 0.25) is 5.02 Å². The van der Waals surface area contributed by atoms with E-state index < -0.39 is 18.0 Å². The van der Waals surface area contributed by atoms with Gasteiger partial charge in [-0.15, -0.1) is 16.4 Å². The van der Waals surface area contributed by atoms with E-state index in [0.29, 0.717) is 9.90 Å². The Labute approximate surface area is 247 Å². The Morgan fingerprint density at radius 1 is 0.902 bits per heavy atom. The van der Waals surface area contributed by atoms with Gasteiger partial charge in [0.15, 0.2) is 0 Å². The van der Waals surface area contributed by atoms with Gasteiger partial charge in [0.2, 0.25) is 0 Å². The molecule has 0 spiro atoms. The summed E-state index contributed by atoms with van der Waals surface area (Å²) in [6, 6.07) is 28.8. The molecule has 6 nitrogen and oxygen atoms in total. The highest BCUT2D eigenvalue weighted by Crippen LogP contribution is 2.32. The van der Waals surface area contributed by atoms with E-state index in [1.165, 1.54) is 23.5 Å². The Kier molecular flexibility index (Phi) is 8.69. The van der Waals surface area contributed by atoms with Crippen molar-refractivity contribution in [1.82, 2.24) is 5.06 Å². The molecule has 5 rings (SSSR count). The average Bonchev–Trinajstić information content (AvgIpc) is 3.40. The lowest BCUT2D eigenvalue weighted by atomic mass is 10.0. The van der Waals surface area contributed by atoms with E-state index in [1.807, 2.05) is 73.7 Å². The number of rotatable bonds is 9. The van der Waals surface area contributed by atoms with Gasteiger partial charge >= 0.3 is 11.9 Å². The SMILES string of the molecule is COC(=O)[C@H](Cc1ccc(O)cc1)N(Cc1cccc(C)c1)OC(=O)c1cc2cc(-c3ccc(Cl)cc3)ccc2s1. The fraction of sp³-hybridized carbons (Fsp3) is 0.152. The van der Waals surface area contributed by atoms with Gasteiger partial charge in [0, 0.05) is 16.1 Å². The quantitative estimate of drug-likeness (QED) is 0.142. The maximum atomic E-state index is 13.5. The summed E-state index contributed by atoms with van der Waals surface area (Å²) in [6.45, 7) is 2.15. The van der Waals surface area contributed by atoms with Crippen molar-refractivity contribution in [2.45, 2.75) is 25.9 Å². The number of nitrogens with zero attached hydrogens (tertiary/aromatic N) is 1. The predicted molar refractivity (Wildman–Crippen MR) is 162 cm³/mol. The Bertz CT molecular complexity index is 1680. The monoisotopic (exact) mass is 585 g/mol. The summed E-state index contributed by atoms with van der Waals surface area (Å²) in [4.78, 5) is 32.9. The third kappa shape index (κ3) is 6.95. The summed E-state index contributed by atoms with van der Waals surface area (Å²) in [6.07, 6.45) is 0.211. The first-order valence-electron chi connectivity index (χ1n) is 13.0. The fourth-order valence-corrected chi connectivity index (χ4v) is 5.65. The molecule has 1 N–H and O–H groups in total. The van der Waals surface area contributed by atoms with Crippen LogP contribution < -0.4 is 0 Å². The number of hydrogen-bond acceptors (Lipinski definition) is 7. The van der Waals surface area contributed by atoms with Crippen LogP contribution in [0.4, 0.5) is 0 Å². The van der Waals surface area contributed by atoms with Crippen LogP contribution >= 0.6 is 22.9 Å². The summed E-state index contributed by atoms with van der Waals surface area (Å²) >= 11 is 7.37. The number of aromatic hydroxyl groups is 1. The number of thiophene rings is 1. The molecule has 1 heterocycles. The molecule has 8 heteroatoms. The molecule has 0 aliphatic carbocycles. The first kappa shape index (κ1) is 28.4. The topological polar surface area (TPSA) is 76.1 Å². The van der Waals surface area contributed by atoms with Gasteiger partial charge in [-0.3, -0.25) is 4.79 Å². The molecule has 0 aliphatic rings. The molecule has 0 saturated heterocycles. The molecule has 0 bridgehead atoms. The highest BCUT2D eigenvalue weighted by Gasteiger charge is 2.31. The molecular formula is C33H28ClNO5S. The molecule has 0 radical (unpaired) electrons. The smallest absolute Gasteiger partial charge is 0.367 e. The highest BCUT2D eigenvalue weighted by atomic mass is 35.5. The van der Waals surface area contributed by atoms with Crippen LogP contribution in [0.3, 0.4) is 0 Å². The van der Waals surface area contributed by atoms with Gasteiger partial charge in [-0.25, -0.2) is 4.79 Å². The Morgan fingerprint density at radius 3 is 2.34 bits per heavy atom. The molecule has 1 atom stereocenters. The first-order chi connectivity index (χ1) is 19.8. The van der Waals surface area contributed by atoms with E-state index in [1.54, 1.807) is 30.3 Å². The van der Waals surface area contributed by atoms with Gasteiger partial charge < -0.3 is 14.7 Å². The summed E-state index contributed by atoms with van der Waals surface area (Å²) in [5.41, 5.74) is 4.73. The van der Waals surface area contributed by atoms with Crippen molar-refractivity contribution in [3.8, 4) is 16.9 Å². The number of hydroxylamine groups is 2. The van der Waals surface area contributed by atoms with Gasteiger partial charge in [-0.05, 0) is 77.0 Å². The minimum atomic E-state index is -0.917. The van der Waals surface area contributed by atoms with Crippen LogP contribution in [-0.2, 0) is 27.3 Å². The number of benzene rings is 4. The van der Waals surface area contributed by atoms with Crippen molar-refractivity contribution in [1.29, 1.82) is 0 Å². The molecule has 0 fully saturated rings. The van der Waals surface area contributed by atoms with Crippen molar-refractivity contribution in [3.63, 3.8) is 0 Å². The number of methoxy groups -OCH3 is 1. The number of carbonyl (C=O) groups excluding carboxylic acids is 2. The Hall–Kier alpha value is -4.17. The predicted octanol–water partition coefficient (Wildman–Crippen LogP) is 7.59. The van der Waals surface area contributed by atoms with Gasteiger partial charge in [0.25, 0.3) is 0 Å². The number of ether oxygens (including phenoxy) is 1. The number of fused-ring (bicyclic) bond motifs is 1. The standard InChI is InChI=1S/C33H28ClNO5S/c1-21-4-3-5-23(16-21)20-35(29(32(37)39-2)17-22-6-13-28(36)14-7-22)40-33(38)31-19-26-18-25(10-15-30(26)41-31)24-8-11-27(34)12-9-24/h3-16,18-19,29,36H,17,20H2,1-2H3/t29-/m0/s1. The lowest BCUT2D eigenvalue weighted by Gasteiger charge is -2.28. The molecule has 5 aromatic rings. The molecule has 0 saturated carbocycles. The molecule has 0 unspecified atom stereocenters. The maximum Gasteiger partial charge on any atom is 0.367 e. The van der Waals surface area contributed by atoms with Crippen LogP contribution in [-0.4, -0.2) is 35.3 Å². The normalized spacial score (nSPS) is 11.9. The van der Waals surface area contributed by atoms with Gasteiger partial charge in [-0.2, -0.15) is 0 Å². The van der Waals surface area contributed by atoms with Crippen LogP contribution in [0.25, 0.3) is 21.2 Å². The zero-order chi connectivity index (χ0) is 28.9. The molecule has 41 heavy (non-hydrogen) atoms. The number of phenols is 1. The summed E-state index contributed by atoms with van der Waals surface area (Å²) < 4.78 is 6.06. The molecule has 208 valence electrons. The van der Waals surface area contributed by atoms with Gasteiger partial charge in [0.05, 0.1) is 13.7 Å². The van der Waals surface area contributed by atoms with E-state index in [2.05, 4.69) is 0 Å². The lowest BCUT2D eigenvalue weighted by Crippen LogP contribution is -2.44. The molecule has 0 aliphatic heterocycles. The number of hydrogen-bond donors (Lipinski definition) is 1. The minimum absolute atomic E-state index is 0.121. The summed E-state index contributed by atoms with van der Waals surface area (Å²) in [5.74, 6) is -0.982. The van der Waals surface area contributed by atoms with Gasteiger partial charge in [0.1, 0.15) is 16.7 Å². The van der Waals surface area contributed by atoms with E-state index >= 15 is 0 Å². The van der Waals surface area contributed by atoms with Crippen molar-refractivity contribution in [3.05, 3.63) is 124 Å². The largest absolute Gasteiger partial charge is 0.508 e. The maximum absolute atomic E-state index is 13.5. The first-order valence-corrected chi connectivity index (χ1v) is 14.2. The minimum Gasteiger partial charge on any atom is -0.508 e. The van der Waals surface area contributed by atoms with E-state index in [-0.39, 0.29) is 18.7 Å². The van der Waals surface area contributed by atoms with E-state index in [0.717, 1.165) is 37.9 Å². The fourth-order valence-electron chi connectivity index (χ4n) is 4.61. The van der Waals surface area contributed by atoms with Crippen LogP contribution in [0.5, 0.6) is 5.75 Å². The zero-order valence-corrected chi connectivity index (χ0v) is 24.1. The number of halogens is 1. The van der Waals surface area contributed by atoms with Crippen molar-refractivity contribution >= 4 is 45.0 Å². The second-order valence-electron chi connectivity index (χ2n) is 9.72. The third-order valence-electron chi connectivity index (χ3n) is 6.70. The van der Waals surface area contributed by atoms with E-state index in [9.17, 15) is 14.7 Å². The van der Waals surface area contributed by atoms with E-state index in [4.69, 9.17) is 21.2 Å². The van der Waals surface area contributed by atoms with Crippen LogP contribution in [0.15, 0.2) is 97.1 Å². The lowest BCUT2D eigenvalue weighted by molar-refractivity contribution is -0.177. The molecule has 0 amide bonds. The van der Waals surface area contributed by atoms with Crippen molar-refractivity contribution in [2.75, 3.05) is 7.11 Å². The summed E-state index contributed by atoms with van der Waals surface area (Å²) in [7, 11) is 1.31. The second kappa shape index (κ2) is 12.6.